The summed E-state index contributed by atoms with van der Waals surface area (Å²) in [5.41, 5.74) is 0.271. The maximum atomic E-state index is 12.1. The third kappa shape index (κ3) is 6.57. The first kappa shape index (κ1) is 24.4. The van der Waals surface area contributed by atoms with Gasteiger partial charge in [-0.2, -0.15) is 0 Å². The van der Waals surface area contributed by atoms with Gasteiger partial charge < -0.3 is 24.1 Å². The third-order valence-corrected chi connectivity index (χ3v) is 5.72. The Bertz CT molecular complexity index is 1050. The van der Waals surface area contributed by atoms with E-state index in [0.717, 1.165) is 0 Å². The van der Waals surface area contributed by atoms with Crippen LogP contribution in [0.1, 0.15) is 12.2 Å². The van der Waals surface area contributed by atoms with Crippen LogP contribution in [0.3, 0.4) is 0 Å². The van der Waals surface area contributed by atoms with Crippen LogP contribution < -0.4 is 19.5 Å². The minimum atomic E-state index is -3.85. The molecule has 2 aromatic rings. The summed E-state index contributed by atoms with van der Waals surface area (Å²) in [6.45, 7) is 0.884. The molecule has 0 aliphatic rings. The topological polar surface area (TPSA) is 138 Å². The van der Waals surface area contributed by atoms with Gasteiger partial charge in [0.05, 0.1) is 31.4 Å². The van der Waals surface area contributed by atoms with Gasteiger partial charge in [0.1, 0.15) is 17.3 Å². The highest BCUT2D eigenvalue weighted by atomic mass is 35.5. The highest BCUT2D eigenvalue weighted by molar-refractivity contribution is 7.89. The molecule has 170 valence electrons. The summed E-state index contributed by atoms with van der Waals surface area (Å²) in [5.74, 6) is -0.181. The van der Waals surface area contributed by atoms with E-state index < -0.39 is 28.5 Å². The average Bonchev–Trinajstić information content (AvgIpc) is 3.06. The van der Waals surface area contributed by atoms with Crippen LogP contribution in [-0.2, 0) is 31.4 Å². The van der Waals surface area contributed by atoms with E-state index in [1.165, 1.54) is 32.5 Å². The van der Waals surface area contributed by atoms with E-state index in [0.29, 0.717) is 17.3 Å². The van der Waals surface area contributed by atoms with Gasteiger partial charge in [-0.25, -0.2) is 18.1 Å². The lowest BCUT2D eigenvalue weighted by atomic mass is 10.2. The van der Waals surface area contributed by atoms with E-state index in [-0.39, 0.29) is 28.7 Å². The highest BCUT2D eigenvalue weighted by Gasteiger charge is 2.19. The number of carbonyl (C=O) groups is 2. The molecule has 1 amide bonds. The summed E-state index contributed by atoms with van der Waals surface area (Å²) < 4.78 is 43.2. The van der Waals surface area contributed by atoms with Gasteiger partial charge in [0.2, 0.25) is 0 Å². The number of amides is 1. The minimum absolute atomic E-state index is 0.146. The van der Waals surface area contributed by atoms with Gasteiger partial charge in [-0.05, 0) is 13.0 Å². The van der Waals surface area contributed by atoms with Crippen molar-refractivity contribution in [3.63, 3.8) is 0 Å². The first-order chi connectivity index (χ1) is 14.6. The number of anilines is 1. The predicted molar refractivity (Wildman–Crippen MR) is 112 cm³/mol. The van der Waals surface area contributed by atoms with Gasteiger partial charge in [0.15, 0.2) is 11.6 Å². The summed E-state index contributed by atoms with van der Waals surface area (Å²) in [6.07, 6.45) is 1.09. The van der Waals surface area contributed by atoms with Crippen LogP contribution in [0.4, 0.5) is 5.69 Å². The number of hydrogen-bond donors (Lipinski definition) is 2. The van der Waals surface area contributed by atoms with Crippen molar-refractivity contribution >= 4 is 39.2 Å². The van der Waals surface area contributed by atoms with Gasteiger partial charge >= 0.3 is 5.97 Å². The highest BCUT2D eigenvalue weighted by Crippen LogP contribution is 2.35. The molecule has 0 radical (unpaired) electrons. The number of benzene rings is 1. The zero-order valence-electron chi connectivity index (χ0n) is 17.4. The van der Waals surface area contributed by atoms with Gasteiger partial charge in [-0.3, -0.25) is 9.59 Å². The molecule has 2 N–H and O–H groups in total. The van der Waals surface area contributed by atoms with Crippen molar-refractivity contribution in [3.8, 4) is 11.5 Å². The molecule has 0 aliphatic carbocycles. The SMILES string of the molecule is COc1cc(OC)c(NC(=O)COC(=O)CCNS(=O)(=O)c2cn(C)c(C)n2)cc1Cl. The van der Waals surface area contributed by atoms with E-state index in [1.54, 1.807) is 18.5 Å². The van der Waals surface area contributed by atoms with E-state index in [1.807, 2.05) is 0 Å². The second-order valence-electron chi connectivity index (χ2n) is 6.28. The van der Waals surface area contributed by atoms with Gasteiger partial charge in [0, 0.05) is 25.9 Å². The smallest absolute Gasteiger partial charge is 0.307 e. The van der Waals surface area contributed by atoms with Gasteiger partial charge in [0.25, 0.3) is 15.9 Å². The van der Waals surface area contributed by atoms with Crippen molar-refractivity contribution in [2.75, 3.05) is 32.7 Å². The summed E-state index contributed by atoms with van der Waals surface area (Å²) in [7, 11) is 0.662. The number of nitrogens with one attached hydrogen (secondary N) is 2. The Morgan fingerprint density at radius 1 is 1.19 bits per heavy atom. The molecule has 0 unspecified atom stereocenters. The van der Waals surface area contributed by atoms with Gasteiger partial charge in [-0.15, -0.1) is 0 Å². The summed E-state index contributed by atoms with van der Waals surface area (Å²) in [6, 6.07) is 2.94. The Morgan fingerprint density at radius 2 is 1.87 bits per heavy atom. The lowest BCUT2D eigenvalue weighted by molar-refractivity contribution is -0.147. The number of aromatic nitrogens is 2. The first-order valence-electron chi connectivity index (χ1n) is 8.94. The fourth-order valence-corrected chi connectivity index (χ4v) is 3.69. The molecule has 13 heteroatoms. The Morgan fingerprint density at radius 3 is 2.45 bits per heavy atom. The van der Waals surface area contributed by atoms with E-state index in [9.17, 15) is 18.0 Å². The second kappa shape index (κ2) is 10.5. The standard InChI is InChI=1S/C18H23ClN4O7S/c1-11-21-17(9-23(11)2)31(26,27)20-6-5-18(25)30-10-16(24)22-13-7-12(19)14(28-3)8-15(13)29-4/h7-9,20H,5-6,10H2,1-4H3,(H,22,24). The van der Waals surface area contributed by atoms with Crippen molar-refractivity contribution in [3.05, 3.63) is 29.2 Å². The number of methoxy groups -OCH3 is 2. The second-order valence-corrected chi connectivity index (χ2v) is 8.40. The number of imidazole rings is 1. The molecule has 1 aromatic carbocycles. The Balaban J connectivity index is 1.82. The number of hydrogen-bond acceptors (Lipinski definition) is 8. The molecule has 0 saturated heterocycles. The molecule has 1 aromatic heterocycles. The van der Waals surface area contributed by atoms with Crippen molar-refractivity contribution in [2.45, 2.75) is 18.4 Å². The Kier molecular flexibility index (Phi) is 8.25. The van der Waals surface area contributed by atoms with Crippen LogP contribution in [0, 0.1) is 6.92 Å². The van der Waals surface area contributed by atoms with Crippen LogP contribution in [-0.4, -0.2) is 57.2 Å². The number of sulfonamides is 1. The van der Waals surface area contributed by atoms with Gasteiger partial charge in [-0.1, -0.05) is 11.6 Å². The van der Waals surface area contributed by atoms with E-state index >= 15 is 0 Å². The van der Waals surface area contributed by atoms with Crippen molar-refractivity contribution < 1.29 is 32.2 Å². The lowest BCUT2D eigenvalue weighted by Gasteiger charge is -2.13. The van der Waals surface area contributed by atoms with Crippen LogP contribution >= 0.6 is 11.6 Å². The first-order valence-corrected chi connectivity index (χ1v) is 10.8. The van der Waals surface area contributed by atoms with Crippen LogP contribution in [0.5, 0.6) is 11.5 Å². The molecular formula is C18H23ClN4O7S. The van der Waals surface area contributed by atoms with Crippen molar-refractivity contribution in [1.82, 2.24) is 14.3 Å². The largest absolute Gasteiger partial charge is 0.495 e. The third-order valence-electron chi connectivity index (χ3n) is 4.10. The molecule has 2 rings (SSSR count). The Labute approximate surface area is 184 Å². The lowest BCUT2D eigenvalue weighted by Crippen LogP contribution is -2.28. The Hall–Kier alpha value is -2.83. The fourth-order valence-electron chi connectivity index (χ4n) is 2.38. The molecule has 0 spiro atoms. The van der Waals surface area contributed by atoms with Crippen LogP contribution in [0.25, 0.3) is 0 Å². The van der Waals surface area contributed by atoms with Crippen LogP contribution in [0.15, 0.2) is 23.4 Å². The number of halogens is 1. The van der Waals surface area contributed by atoms with Crippen molar-refractivity contribution in [2.24, 2.45) is 7.05 Å². The number of carbonyl (C=O) groups excluding carboxylic acids is 2. The van der Waals surface area contributed by atoms with Crippen LogP contribution in [0.2, 0.25) is 5.02 Å². The predicted octanol–water partition coefficient (Wildman–Crippen LogP) is 1.25. The molecule has 0 atom stereocenters. The fraction of sp³-hybridized carbons (Fsp3) is 0.389. The molecule has 0 fully saturated rings. The zero-order valence-corrected chi connectivity index (χ0v) is 19.0. The summed E-state index contributed by atoms with van der Waals surface area (Å²) in [4.78, 5) is 27.8. The zero-order chi connectivity index (χ0) is 23.2. The minimum Gasteiger partial charge on any atom is -0.495 e. The number of aryl methyl sites for hydroxylation is 2. The summed E-state index contributed by atoms with van der Waals surface area (Å²) >= 11 is 6.04. The molecular weight excluding hydrogens is 452 g/mol. The quantitative estimate of drug-likeness (QED) is 0.490. The molecule has 0 saturated carbocycles. The van der Waals surface area contributed by atoms with E-state index in [2.05, 4.69) is 15.0 Å². The van der Waals surface area contributed by atoms with Crippen molar-refractivity contribution in [1.29, 1.82) is 0 Å². The maximum absolute atomic E-state index is 12.1. The molecule has 1 heterocycles. The molecule has 31 heavy (non-hydrogen) atoms. The molecule has 0 bridgehead atoms. The molecule has 0 aliphatic heterocycles. The number of rotatable bonds is 10. The number of nitrogens with zero attached hydrogens (tertiary/aromatic N) is 2. The molecule has 11 nitrogen and oxygen atoms in total. The number of ether oxygens (including phenoxy) is 3. The number of esters is 1. The van der Waals surface area contributed by atoms with E-state index in [4.69, 9.17) is 25.8 Å². The average molecular weight is 475 g/mol. The maximum Gasteiger partial charge on any atom is 0.307 e. The normalized spacial score (nSPS) is 11.1. The summed E-state index contributed by atoms with van der Waals surface area (Å²) in [5, 5.41) is 2.62. The monoisotopic (exact) mass is 474 g/mol.